The molecule has 3 rings (SSSR count). The minimum atomic E-state index is -0.135. The highest BCUT2D eigenvalue weighted by molar-refractivity contribution is 7.10. The Morgan fingerprint density at radius 2 is 2.04 bits per heavy atom. The van der Waals surface area contributed by atoms with Gasteiger partial charge in [0.1, 0.15) is 23.1 Å². The van der Waals surface area contributed by atoms with Crippen LogP contribution in [0.3, 0.4) is 0 Å². The Morgan fingerprint density at radius 3 is 2.79 bits per heavy atom. The quantitative estimate of drug-likeness (QED) is 0.693. The topological polar surface area (TPSA) is 51.2 Å². The van der Waals surface area contributed by atoms with Crippen LogP contribution in [0.1, 0.15) is 25.9 Å². The van der Waals surface area contributed by atoms with Crippen LogP contribution in [-0.4, -0.2) is 17.4 Å². The van der Waals surface area contributed by atoms with E-state index in [4.69, 9.17) is 4.74 Å². The molecule has 0 aliphatic rings. The second kappa shape index (κ2) is 8.08. The number of hydrogen-bond donors (Lipinski definition) is 1. The van der Waals surface area contributed by atoms with Crippen LogP contribution in [-0.2, 0) is 13.0 Å². The highest BCUT2D eigenvalue weighted by Gasteiger charge is 2.10. The van der Waals surface area contributed by atoms with Crippen molar-refractivity contribution in [3.05, 3.63) is 68.3 Å². The van der Waals surface area contributed by atoms with Crippen LogP contribution in [0.25, 0.3) is 0 Å². The van der Waals surface area contributed by atoms with E-state index in [1.54, 1.807) is 16.7 Å². The van der Waals surface area contributed by atoms with Crippen molar-refractivity contribution in [2.75, 3.05) is 6.54 Å². The zero-order chi connectivity index (χ0) is 16.8. The molecule has 0 fully saturated rings. The Labute approximate surface area is 149 Å². The molecule has 1 amide bonds. The van der Waals surface area contributed by atoms with Gasteiger partial charge < -0.3 is 10.1 Å². The van der Waals surface area contributed by atoms with Crippen LogP contribution >= 0.6 is 22.7 Å². The van der Waals surface area contributed by atoms with Crippen molar-refractivity contribution in [2.24, 2.45) is 0 Å². The predicted octanol–water partition coefficient (Wildman–Crippen LogP) is 4.06. The number of amides is 1. The molecular weight excluding hydrogens is 340 g/mol. The van der Waals surface area contributed by atoms with Gasteiger partial charge in [-0.15, -0.1) is 22.7 Å². The highest BCUT2D eigenvalue weighted by Crippen LogP contribution is 2.16. The first-order valence-electron chi connectivity index (χ1n) is 7.65. The van der Waals surface area contributed by atoms with Gasteiger partial charge in [-0.1, -0.05) is 23.8 Å². The zero-order valence-corrected chi connectivity index (χ0v) is 15.0. The summed E-state index contributed by atoms with van der Waals surface area (Å²) in [4.78, 5) is 17.7. The molecule has 3 aromatic rings. The first kappa shape index (κ1) is 16.7. The summed E-state index contributed by atoms with van der Waals surface area (Å²) >= 11 is 3.14. The third-order valence-electron chi connectivity index (χ3n) is 3.40. The lowest BCUT2D eigenvalue weighted by molar-refractivity contribution is 0.0949. The monoisotopic (exact) mass is 358 g/mol. The van der Waals surface area contributed by atoms with E-state index in [-0.39, 0.29) is 5.91 Å². The fourth-order valence-corrected chi connectivity index (χ4v) is 3.50. The summed E-state index contributed by atoms with van der Waals surface area (Å²) in [5.41, 5.74) is 1.65. The Bertz CT molecular complexity index is 780. The number of nitrogens with one attached hydrogen (secondary N) is 1. The van der Waals surface area contributed by atoms with Crippen LogP contribution in [0.15, 0.2) is 47.2 Å². The Kier molecular flexibility index (Phi) is 5.61. The van der Waals surface area contributed by atoms with E-state index in [0.717, 1.165) is 17.2 Å². The first-order valence-corrected chi connectivity index (χ1v) is 9.41. The van der Waals surface area contributed by atoms with Crippen LogP contribution in [0, 0.1) is 6.92 Å². The fraction of sp³-hybridized carbons (Fsp3) is 0.222. The molecule has 2 aromatic heterocycles. The third-order valence-corrected chi connectivity index (χ3v) is 5.16. The van der Waals surface area contributed by atoms with E-state index in [1.165, 1.54) is 21.8 Å². The zero-order valence-electron chi connectivity index (χ0n) is 13.3. The molecule has 0 aliphatic heterocycles. The lowest BCUT2D eigenvalue weighted by Gasteiger charge is -2.04. The summed E-state index contributed by atoms with van der Waals surface area (Å²) in [6.45, 7) is 3.02. The molecule has 1 N–H and O–H groups in total. The molecule has 124 valence electrons. The average Bonchev–Trinajstić information content (AvgIpc) is 3.26. The van der Waals surface area contributed by atoms with Gasteiger partial charge in [-0.3, -0.25) is 4.79 Å². The minimum Gasteiger partial charge on any atom is -0.486 e. The van der Waals surface area contributed by atoms with E-state index in [9.17, 15) is 4.79 Å². The summed E-state index contributed by atoms with van der Waals surface area (Å²) in [5, 5.41) is 7.50. The van der Waals surface area contributed by atoms with Crippen LogP contribution in [0.5, 0.6) is 5.75 Å². The highest BCUT2D eigenvalue weighted by atomic mass is 32.1. The minimum absolute atomic E-state index is 0.135. The number of carbonyl (C=O) groups excluding carboxylic acids is 1. The molecule has 6 heteroatoms. The molecule has 0 bridgehead atoms. The van der Waals surface area contributed by atoms with Crippen molar-refractivity contribution >= 4 is 28.6 Å². The maximum absolute atomic E-state index is 12.1. The molecule has 0 unspecified atom stereocenters. The number of carbonyl (C=O) groups is 1. The van der Waals surface area contributed by atoms with Crippen LogP contribution < -0.4 is 10.1 Å². The largest absolute Gasteiger partial charge is 0.486 e. The van der Waals surface area contributed by atoms with Crippen molar-refractivity contribution in [2.45, 2.75) is 20.0 Å². The van der Waals surface area contributed by atoms with Crippen molar-refractivity contribution in [3.8, 4) is 5.75 Å². The fourth-order valence-electron chi connectivity index (χ4n) is 2.11. The van der Waals surface area contributed by atoms with E-state index in [1.807, 2.05) is 42.6 Å². The van der Waals surface area contributed by atoms with Gasteiger partial charge in [0, 0.05) is 16.8 Å². The van der Waals surface area contributed by atoms with Gasteiger partial charge in [0.25, 0.3) is 5.91 Å². The molecule has 0 spiro atoms. The van der Waals surface area contributed by atoms with E-state index < -0.39 is 0 Å². The van der Waals surface area contributed by atoms with E-state index in [2.05, 4.69) is 16.4 Å². The third kappa shape index (κ3) is 4.66. The number of nitrogens with zero attached hydrogens (tertiary/aromatic N) is 1. The lowest BCUT2D eigenvalue weighted by atomic mass is 10.2. The first-order chi connectivity index (χ1) is 11.7. The molecule has 2 heterocycles. The summed E-state index contributed by atoms with van der Waals surface area (Å²) in [5.74, 6) is 0.669. The molecule has 0 saturated heterocycles. The normalized spacial score (nSPS) is 10.5. The van der Waals surface area contributed by atoms with Gasteiger partial charge in [0.2, 0.25) is 0 Å². The Balaban J connectivity index is 1.47. The predicted molar refractivity (Wildman–Crippen MR) is 98.0 cm³/mol. The maximum Gasteiger partial charge on any atom is 0.270 e. The van der Waals surface area contributed by atoms with Gasteiger partial charge in [0.15, 0.2) is 0 Å². The molecule has 4 nitrogen and oxygen atoms in total. The van der Waals surface area contributed by atoms with Gasteiger partial charge >= 0.3 is 0 Å². The summed E-state index contributed by atoms with van der Waals surface area (Å²) in [7, 11) is 0. The smallest absolute Gasteiger partial charge is 0.270 e. The van der Waals surface area contributed by atoms with Gasteiger partial charge in [-0.25, -0.2) is 4.98 Å². The number of rotatable bonds is 7. The van der Waals surface area contributed by atoms with Crippen molar-refractivity contribution in [1.82, 2.24) is 10.3 Å². The average molecular weight is 358 g/mol. The van der Waals surface area contributed by atoms with Crippen molar-refractivity contribution in [3.63, 3.8) is 0 Å². The van der Waals surface area contributed by atoms with E-state index in [0.29, 0.717) is 18.8 Å². The van der Waals surface area contributed by atoms with E-state index >= 15 is 0 Å². The van der Waals surface area contributed by atoms with Gasteiger partial charge in [0.05, 0.1) is 0 Å². The molecule has 0 aliphatic carbocycles. The number of hydrogen-bond acceptors (Lipinski definition) is 5. The standard InChI is InChI=1S/C18H18N2O2S2/c1-13-4-6-14(7-5-13)22-11-17-20-16(12-24-17)18(21)19-9-8-15-3-2-10-23-15/h2-7,10,12H,8-9,11H2,1H3,(H,19,21). The maximum atomic E-state index is 12.1. The molecule has 0 radical (unpaired) electrons. The van der Waals surface area contributed by atoms with Crippen LogP contribution in [0.4, 0.5) is 0 Å². The molecule has 0 saturated carbocycles. The number of aromatic nitrogens is 1. The Morgan fingerprint density at radius 1 is 1.21 bits per heavy atom. The summed E-state index contributed by atoms with van der Waals surface area (Å²) in [6.07, 6.45) is 0.844. The summed E-state index contributed by atoms with van der Waals surface area (Å²) in [6, 6.07) is 12.0. The van der Waals surface area contributed by atoms with Crippen molar-refractivity contribution < 1.29 is 9.53 Å². The second-order valence-corrected chi connectivity index (χ2v) is 7.29. The number of aryl methyl sites for hydroxylation is 1. The SMILES string of the molecule is Cc1ccc(OCc2nc(C(=O)NCCc3cccs3)cs2)cc1. The number of thiazole rings is 1. The van der Waals surface area contributed by atoms with Crippen molar-refractivity contribution in [1.29, 1.82) is 0 Å². The number of ether oxygens (including phenoxy) is 1. The number of benzene rings is 1. The molecular formula is C18H18N2O2S2. The lowest BCUT2D eigenvalue weighted by Crippen LogP contribution is -2.25. The van der Waals surface area contributed by atoms with Gasteiger partial charge in [-0.2, -0.15) is 0 Å². The molecule has 0 atom stereocenters. The Hall–Kier alpha value is -2.18. The van der Waals surface area contributed by atoms with Crippen LogP contribution in [0.2, 0.25) is 0 Å². The summed E-state index contributed by atoms with van der Waals surface area (Å²) < 4.78 is 5.69. The molecule has 24 heavy (non-hydrogen) atoms. The van der Waals surface area contributed by atoms with Gasteiger partial charge in [-0.05, 0) is 36.9 Å². The number of thiophene rings is 1. The second-order valence-electron chi connectivity index (χ2n) is 5.31. The molecule has 1 aromatic carbocycles.